The number of hydrogen-bond acceptors (Lipinski definition) is 5. The third-order valence-corrected chi connectivity index (χ3v) is 5.87. The first-order valence-electron chi connectivity index (χ1n) is 9.02. The zero-order valence-corrected chi connectivity index (χ0v) is 16.1. The molecule has 1 aliphatic rings. The van der Waals surface area contributed by atoms with E-state index in [-0.39, 0.29) is 17.6 Å². The summed E-state index contributed by atoms with van der Waals surface area (Å²) in [5, 5.41) is 3.35. The third-order valence-electron chi connectivity index (χ3n) is 4.77. The van der Waals surface area contributed by atoms with Crippen LogP contribution in [0.5, 0.6) is 0 Å². The van der Waals surface area contributed by atoms with Gasteiger partial charge in [0.25, 0.3) is 0 Å². The summed E-state index contributed by atoms with van der Waals surface area (Å²) in [6.07, 6.45) is -2.26. The van der Waals surface area contributed by atoms with Crippen LogP contribution >= 0.6 is 11.8 Å². The lowest BCUT2D eigenvalue weighted by Gasteiger charge is -2.28. The van der Waals surface area contributed by atoms with Crippen molar-refractivity contribution in [3.63, 3.8) is 0 Å². The lowest BCUT2D eigenvalue weighted by Crippen LogP contribution is -2.22. The molecule has 0 radical (unpaired) electrons. The van der Waals surface area contributed by atoms with Crippen molar-refractivity contribution in [2.24, 2.45) is 0 Å². The molecule has 2 aromatic rings. The minimum absolute atomic E-state index is 0.00908. The van der Waals surface area contributed by atoms with Crippen LogP contribution in [-0.2, 0) is 6.18 Å². The first-order valence-corrected chi connectivity index (χ1v) is 10.1. The van der Waals surface area contributed by atoms with Gasteiger partial charge in [-0.25, -0.2) is 4.98 Å². The van der Waals surface area contributed by atoms with Gasteiger partial charge in [-0.2, -0.15) is 29.9 Å². The van der Waals surface area contributed by atoms with E-state index in [9.17, 15) is 13.2 Å². The molecule has 1 fully saturated rings. The number of nitrogen functional groups attached to an aromatic ring is 1. The number of hydrogen-bond donors (Lipinski definition) is 2. The highest BCUT2D eigenvalue weighted by molar-refractivity contribution is 7.99. The van der Waals surface area contributed by atoms with E-state index in [1.54, 1.807) is 0 Å². The predicted octanol–water partition coefficient (Wildman–Crippen LogP) is 5.90. The molecule has 1 unspecified atom stereocenters. The highest BCUT2D eigenvalue weighted by Gasteiger charge is 2.41. The topological polar surface area (TPSA) is 63.8 Å². The molecule has 4 nitrogen and oxygen atoms in total. The van der Waals surface area contributed by atoms with E-state index in [0.29, 0.717) is 18.1 Å². The smallest absolute Gasteiger partial charge is 0.383 e. The summed E-state index contributed by atoms with van der Waals surface area (Å²) in [5.74, 6) is 0.380. The number of benzene rings is 1. The van der Waals surface area contributed by atoms with Crippen LogP contribution in [0, 0.1) is 0 Å². The van der Waals surface area contributed by atoms with E-state index in [2.05, 4.69) is 29.1 Å². The number of anilines is 3. The number of alkyl halides is 3. The summed E-state index contributed by atoms with van der Waals surface area (Å²) in [4.78, 5) is 8.08. The van der Waals surface area contributed by atoms with Crippen molar-refractivity contribution < 1.29 is 13.2 Å². The second-order valence-corrected chi connectivity index (χ2v) is 8.28. The standard InChI is InChI=1S/C19H23F3N4S/c1-3-27-11(2)13-8-5-9-14(10-13)24-18-25-16(12-6-4-7-12)15(17(23)26-18)19(20,21)22/h5,8-12H,3-4,6-7H2,1-2H3,(H3,23,24,25,26). The van der Waals surface area contributed by atoms with Gasteiger partial charge in [0.2, 0.25) is 5.95 Å². The van der Waals surface area contributed by atoms with E-state index in [1.165, 1.54) is 0 Å². The Labute approximate surface area is 161 Å². The van der Waals surface area contributed by atoms with E-state index < -0.39 is 17.6 Å². The monoisotopic (exact) mass is 396 g/mol. The number of aromatic nitrogens is 2. The van der Waals surface area contributed by atoms with Crippen LogP contribution in [0.15, 0.2) is 24.3 Å². The van der Waals surface area contributed by atoms with Crippen molar-refractivity contribution in [1.82, 2.24) is 9.97 Å². The van der Waals surface area contributed by atoms with Crippen LogP contribution in [-0.4, -0.2) is 15.7 Å². The first-order chi connectivity index (χ1) is 12.8. The molecule has 1 saturated carbocycles. The van der Waals surface area contributed by atoms with Gasteiger partial charge < -0.3 is 11.1 Å². The Morgan fingerprint density at radius 2 is 2.04 bits per heavy atom. The van der Waals surface area contributed by atoms with Crippen LogP contribution in [0.4, 0.5) is 30.6 Å². The summed E-state index contributed by atoms with van der Waals surface area (Å²) in [6.45, 7) is 4.22. The van der Waals surface area contributed by atoms with Crippen LogP contribution in [0.2, 0.25) is 0 Å². The van der Waals surface area contributed by atoms with Gasteiger partial charge >= 0.3 is 6.18 Å². The molecule has 0 saturated heterocycles. The highest BCUT2D eigenvalue weighted by Crippen LogP contribution is 2.44. The van der Waals surface area contributed by atoms with Gasteiger partial charge in [-0.3, -0.25) is 0 Å². The summed E-state index contributed by atoms with van der Waals surface area (Å²) in [6, 6.07) is 7.74. The first kappa shape index (κ1) is 19.8. The Balaban J connectivity index is 1.92. The molecule has 1 atom stereocenters. The van der Waals surface area contributed by atoms with Gasteiger partial charge in [0.1, 0.15) is 11.4 Å². The van der Waals surface area contributed by atoms with E-state index >= 15 is 0 Å². The third kappa shape index (κ3) is 4.48. The predicted molar refractivity (Wildman–Crippen MR) is 104 cm³/mol. The number of nitrogens with zero attached hydrogens (tertiary/aromatic N) is 2. The Hall–Kier alpha value is -1.96. The van der Waals surface area contributed by atoms with Crippen LogP contribution in [0.1, 0.15) is 61.1 Å². The minimum atomic E-state index is -4.56. The lowest BCUT2D eigenvalue weighted by atomic mass is 9.81. The second kappa shape index (κ2) is 7.96. The average molecular weight is 396 g/mol. The lowest BCUT2D eigenvalue weighted by molar-refractivity contribution is -0.138. The van der Waals surface area contributed by atoms with Crippen molar-refractivity contribution in [3.05, 3.63) is 41.1 Å². The number of nitrogens with one attached hydrogen (secondary N) is 1. The zero-order valence-electron chi connectivity index (χ0n) is 15.3. The molecule has 1 aromatic heterocycles. The molecular weight excluding hydrogens is 373 g/mol. The van der Waals surface area contributed by atoms with Gasteiger partial charge in [0.05, 0.1) is 5.69 Å². The van der Waals surface area contributed by atoms with Crippen LogP contribution < -0.4 is 11.1 Å². The Bertz CT molecular complexity index is 806. The summed E-state index contributed by atoms with van der Waals surface area (Å²) in [5.41, 5.74) is 6.66. The largest absolute Gasteiger partial charge is 0.421 e. The van der Waals surface area contributed by atoms with E-state index in [0.717, 1.165) is 23.4 Å². The fourth-order valence-corrected chi connectivity index (χ4v) is 4.00. The average Bonchev–Trinajstić information content (AvgIpc) is 2.52. The van der Waals surface area contributed by atoms with E-state index in [4.69, 9.17) is 5.73 Å². The SMILES string of the molecule is CCSC(C)c1cccc(Nc2nc(N)c(C(F)(F)F)c(C3CCC3)n2)c1. The summed E-state index contributed by atoms with van der Waals surface area (Å²) in [7, 11) is 0. The van der Waals surface area contributed by atoms with Crippen LogP contribution in [0.3, 0.4) is 0 Å². The molecule has 1 heterocycles. The molecule has 0 aliphatic heterocycles. The molecule has 1 aromatic carbocycles. The Kier molecular flexibility index (Phi) is 5.83. The number of thioether (sulfide) groups is 1. The van der Waals surface area contributed by atoms with Gasteiger partial charge in [-0.05, 0) is 43.2 Å². The maximum absolute atomic E-state index is 13.4. The minimum Gasteiger partial charge on any atom is -0.383 e. The van der Waals surface area contributed by atoms with Crippen LogP contribution in [0.25, 0.3) is 0 Å². The summed E-state index contributed by atoms with van der Waals surface area (Å²) >= 11 is 1.82. The number of nitrogens with two attached hydrogens (primary N) is 1. The quantitative estimate of drug-likeness (QED) is 0.636. The molecule has 8 heteroatoms. The highest BCUT2D eigenvalue weighted by atomic mass is 32.2. The van der Waals surface area contributed by atoms with Gasteiger partial charge in [0, 0.05) is 16.9 Å². The maximum Gasteiger partial charge on any atom is 0.421 e. The number of rotatable bonds is 6. The molecular formula is C19H23F3N4S. The normalized spacial score (nSPS) is 16.0. The van der Waals surface area contributed by atoms with E-state index in [1.807, 2.05) is 36.0 Å². The fourth-order valence-electron chi connectivity index (χ4n) is 3.16. The summed E-state index contributed by atoms with van der Waals surface area (Å²) < 4.78 is 40.3. The van der Waals surface area contributed by atoms with Gasteiger partial charge in [-0.15, -0.1) is 0 Å². The molecule has 0 bridgehead atoms. The fraction of sp³-hybridized carbons (Fsp3) is 0.474. The van der Waals surface area contributed by atoms with Crippen molar-refractivity contribution in [2.45, 2.75) is 50.5 Å². The molecule has 0 amide bonds. The maximum atomic E-state index is 13.4. The molecule has 3 rings (SSSR count). The molecule has 3 N–H and O–H groups in total. The molecule has 1 aliphatic carbocycles. The molecule has 146 valence electrons. The van der Waals surface area contributed by atoms with Gasteiger partial charge in [0.15, 0.2) is 0 Å². The molecule has 27 heavy (non-hydrogen) atoms. The molecule has 0 spiro atoms. The van der Waals surface area contributed by atoms with Crippen molar-refractivity contribution in [1.29, 1.82) is 0 Å². The Morgan fingerprint density at radius 3 is 2.63 bits per heavy atom. The van der Waals surface area contributed by atoms with Gasteiger partial charge in [-0.1, -0.05) is 25.5 Å². The second-order valence-electron chi connectivity index (χ2n) is 6.67. The number of halogens is 3. The zero-order chi connectivity index (χ0) is 19.6. The van der Waals surface area contributed by atoms with Crippen molar-refractivity contribution in [2.75, 3.05) is 16.8 Å². The van der Waals surface area contributed by atoms with Crippen molar-refractivity contribution in [3.8, 4) is 0 Å². The van der Waals surface area contributed by atoms with Crippen molar-refractivity contribution >= 4 is 29.2 Å². The Morgan fingerprint density at radius 1 is 1.30 bits per heavy atom.